The molecule has 2 aliphatic rings. The summed E-state index contributed by atoms with van der Waals surface area (Å²) in [6.45, 7) is 6.69. The van der Waals surface area contributed by atoms with Gasteiger partial charge in [0.1, 0.15) is 11.6 Å². The van der Waals surface area contributed by atoms with Gasteiger partial charge in [-0.1, -0.05) is 19.9 Å². The zero-order chi connectivity index (χ0) is 23.8. The zero-order valence-electron chi connectivity index (χ0n) is 19.3. The van der Waals surface area contributed by atoms with Crippen LogP contribution in [0.2, 0.25) is 0 Å². The lowest BCUT2D eigenvalue weighted by molar-refractivity contribution is -0.133. The molecule has 33 heavy (non-hydrogen) atoms. The lowest BCUT2D eigenvalue weighted by atomic mass is 9.97. The van der Waals surface area contributed by atoms with Gasteiger partial charge in [-0.2, -0.15) is 4.37 Å². The second kappa shape index (κ2) is 9.66. The highest BCUT2D eigenvalue weighted by molar-refractivity contribution is 7.90. The molecule has 0 bridgehead atoms. The van der Waals surface area contributed by atoms with E-state index in [0.717, 1.165) is 55.6 Å². The molecular formula is C23H31FN4O3S2. The summed E-state index contributed by atoms with van der Waals surface area (Å²) in [6, 6.07) is 4.16. The molecular weight excluding hydrogens is 463 g/mol. The van der Waals surface area contributed by atoms with Crippen LogP contribution >= 0.6 is 11.5 Å². The molecule has 2 saturated heterocycles. The second-order valence-corrected chi connectivity index (χ2v) is 12.3. The van der Waals surface area contributed by atoms with Gasteiger partial charge in [0.2, 0.25) is 11.0 Å². The number of rotatable bonds is 7. The van der Waals surface area contributed by atoms with Crippen molar-refractivity contribution in [1.29, 1.82) is 0 Å². The lowest BCUT2D eigenvalue weighted by Gasteiger charge is -2.36. The molecule has 0 spiro atoms. The van der Waals surface area contributed by atoms with E-state index in [1.807, 2.05) is 4.90 Å². The van der Waals surface area contributed by atoms with Gasteiger partial charge in [-0.3, -0.25) is 4.79 Å². The van der Waals surface area contributed by atoms with Crippen LogP contribution in [0.5, 0.6) is 0 Å². The Balaban J connectivity index is 1.33. The number of benzene rings is 1. The molecule has 7 nitrogen and oxygen atoms in total. The summed E-state index contributed by atoms with van der Waals surface area (Å²) < 4.78 is 42.2. The minimum Gasteiger partial charge on any atom is -0.347 e. The van der Waals surface area contributed by atoms with Crippen molar-refractivity contribution in [3.05, 3.63) is 35.4 Å². The van der Waals surface area contributed by atoms with Gasteiger partial charge in [0.25, 0.3) is 0 Å². The largest absolute Gasteiger partial charge is 0.347 e. The van der Waals surface area contributed by atoms with Crippen LogP contribution in [0.3, 0.4) is 0 Å². The number of likely N-dealkylation sites (tertiary alicyclic amines) is 1. The first kappa shape index (κ1) is 24.1. The fourth-order valence-corrected chi connectivity index (χ4v) is 6.07. The van der Waals surface area contributed by atoms with E-state index in [1.54, 1.807) is 0 Å². The number of carbonyl (C=O) groups is 1. The van der Waals surface area contributed by atoms with Gasteiger partial charge in [-0.25, -0.2) is 17.8 Å². The van der Waals surface area contributed by atoms with Crippen molar-refractivity contribution in [2.75, 3.05) is 30.8 Å². The summed E-state index contributed by atoms with van der Waals surface area (Å²) in [5.41, 5.74) is 0.394. The predicted molar refractivity (Wildman–Crippen MR) is 127 cm³/mol. The topological polar surface area (TPSA) is 83.5 Å². The van der Waals surface area contributed by atoms with Crippen LogP contribution in [-0.2, 0) is 27.5 Å². The molecule has 1 aromatic heterocycles. The van der Waals surface area contributed by atoms with Gasteiger partial charge in [-0.05, 0) is 49.3 Å². The number of sulfone groups is 1. The molecule has 4 rings (SSSR count). The molecule has 0 aliphatic carbocycles. The van der Waals surface area contributed by atoms with Gasteiger partial charge in [0, 0.05) is 55.8 Å². The van der Waals surface area contributed by atoms with Crippen LogP contribution in [0.25, 0.3) is 0 Å². The number of nitrogens with zero attached hydrogens (tertiary/aromatic N) is 4. The third kappa shape index (κ3) is 5.54. The summed E-state index contributed by atoms with van der Waals surface area (Å²) in [7, 11) is -3.46. The maximum absolute atomic E-state index is 14.5. The highest BCUT2D eigenvalue weighted by Crippen LogP contribution is 2.31. The Kier molecular flexibility index (Phi) is 7.04. The predicted octanol–water partition coefficient (Wildman–Crippen LogP) is 3.34. The Hall–Kier alpha value is -2.07. The minimum atomic E-state index is -3.46. The van der Waals surface area contributed by atoms with Gasteiger partial charge < -0.3 is 9.80 Å². The van der Waals surface area contributed by atoms with E-state index < -0.39 is 15.7 Å². The van der Waals surface area contributed by atoms with Gasteiger partial charge in [-0.15, -0.1) is 0 Å². The van der Waals surface area contributed by atoms with Crippen LogP contribution in [-0.4, -0.2) is 60.5 Å². The van der Waals surface area contributed by atoms with Gasteiger partial charge in [0.15, 0.2) is 9.84 Å². The minimum absolute atomic E-state index is 0.0401. The Morgan fingerprint density at radius 3 is 2.55 bits per heavy atom. The maximum Gasteiger partial charge on any atom is 0.226 e. The number of carbonyl (C=O) groups excluding carboxylic acids is 1. The fourth-order valence-electron chi connectivity index (χ4n) is 4.69. The monoisotopic (exact) mass is 494 g/mol. The van der Waals surface area contributed by atoms with E-state index in [-0.39, 0.29) is 22.8 Å². The van der Waals surface area contributed by atoms with Crippen molar-refractivity contribution >= 4 is 32.4 Å². The molecule has 0 N–H and O–H groups in total. The SMILES string of the molecule is CC(C)Cc1nsc(N2CCC(N3CC[C@H](Cc4ccc(S(C)(=O)=O)cc4F)C3=O)CC2)n1. The lowest BCUT2D eigenvalue weighted by Crippen LogP contribution is -2.46. The quantitative estimate of drug-likeness (QED) is 0.587. The number of amides is 1. The number of anilines is 1. The third-order valence-electron chi connectivity index (χ3n) is 6.49. The first-order chi connectivity index (χ1) is 15.6. The number of hydrogen-bond donors (Lipinski definition) is 0. The van der Waals surface area contributed by atoms with Crippen LogP contribution in [0, 0.1) is 17.7 Å². The summed E-state index contributed by atoms with van der Waals surface area (Å²) in [5, 5.41) is 0.961. The molecule has 180 valence electrons. The molecule has 3 heterocycles. The van der Waals surface area contributed by atoms with E-state index in [2.05, 4.69) is 28.1 Å². The first-order valence-electron chi connectivity index (χ1n) is 11.5. The summed E-state index contributed by atoms with van der Waals surface area (Å²) in [4.78, 5) is 21.9. The fraction of sp³-hybridized carbons (Fsp3) is 0.609. The Morgan fingerprint density at radius 1 is 1.18 bits per heavy atom. The molecule has 10 heteroatoms. The van der Waals surface area contributed by atoms with Crippen molar-refractivity contribution in [2.45, 2.75) is 56.9 Å². The number of aromatic nitrogens is 2. The molecule has 2 fully saturated rings. The average Bonchev–Trinajstić information content (AvgIpc) is 3.35. The van der Waals surface area contributed by atoms with E-state index in [1.165, 1.54) is 23.7 Å². The van der Waals surface area contributed by atoms with Crippen LogP contribution < -0.4 is 4.90 Å². The number of piperidine rings is 1. The van der Waals surface area contributed by atoms with Crippen molar-refractivity contribution < 1.29 is 17.6 Å². The Bertz CT molecular complexity index is 1110. The first-order valence-corrected chi connectivity index (χ1v) is 14.1. The number of halogens is 1. The Labute approximate surface area is 199 Å². The highest BCUT2D eigenvalue weighted by atomic mass is 32.2. The molecule has 2 aromatic rings. The maximum atomic E-state index is 14.5. The van der Waals surface area contributed by atoms with Crippen molar-refractivity contribution in [2.24, 2.45) is 11.8 Å². The van der Waals surface area contributed by atoms with E-state index in [4.69, 9.17) is 0 Å². The van der Waals surface area contributed by atoms with Crippen LogP contribution in [0.4, 0.5) is 9.52 Å². The smallest absolute Gasteiger partial charge is 0.226 e. The molecule has 1 amide bonds. The summed E-state index contributed by atoms with van der Waals surface area (Å²) >= 11 is 1.45. The van der Waals surface area contributed by atoms with Crippen molar-refractivity contribution in [3.63, 3.8) is 0 Å². The molecule has 0 saturated carbocycles. The number of hydrogen-bond acceptors (Lipinski definition) is 7. The average molecular weight is 495 g/mol. The molecule has 0 unspecified atom stereocenters. The van der Waals surface area contributed by atoms with Gasteiger partial charge >= 0.3 is 0 Å². The normalized spacial score (nSPS) is 20.3. The van der Waals surface area contributed by atoms with Crippen molar-refractivity contribution in [3.8, 4) is 0 Å². The molecule has 1 atom stereocenters. The zero-order valence-corrected chi connectivity index (χ0v) is 21.0. The van der Waals surface area contributed by atoms with E-state index in [0.29, 0.717) is 30.9 Å². The van der Waals surface area contributed by atoms with Crippen LogP contribution in [0.1, 0.15) is 44.5 Å². The molecule has 2 aliphatic heterocycles. The third-order valence-corrected chi connectivity index (χ3v) is 8.42. The summed E-state index contributed by atoms with van der Waals surface area (Å²) in [6.07, 6.45) is 4.70. The van der Waals surface area contributed by atoms with Crippen LogP contribution in [0.15, 0.2) is 23.1 Å². The highest BCUT2D eigenvalue weighted by Gasteiger charge is 2.37. The second-order valence-electron chi connectivity index (χ2n) is 9.56. The Morgan fingerprint density at radius 2 is 1.91 bits per heavy atom. The van der Waals surface area contributed by atoms with Crippen molar-refractivity contribution in [1.82, 2.24) is 14.3 Å². The standard InChI is InChI=1S/C23H31FN4O3S2/c1-15(2)12-21-25-23(32-26-21)27-9-7-18(8-10-27)28-11-6-17(22(28)29)13-16-4-5-19(14-20(16)24)33(3,30)31/h4-5,14-15,17-18H,6-13H2,1-3H3/t17-/m1/s1. The van der Waals surface area contributed by atoms with Gasteiger partial charge in [0.05, 0.1) is 4.90 Å². The molecule has 0 radical (unpaired) electrons. The van der Waals surface area contributed by atoms with E-state index in [9.17, 15) is 17.6 Å². The molecule has 1 aromatic carbocycles. The van der Waals surface area contributed by atoms with E-state index >= 15 is 0 Å². The summed E-state index contributed by atoms with van der Waals surface area (Å²) in [5.74, 6) is 0.685.